The van der Waals surface area contributed by atoms with Gasteiger partial charge in [-0.2, -0.15) is 13.2 Å². The summed E-state index contributed by atoms with van der Waals surface area (Å²) in [5.41, 5.74) is -2.49. The van der Waals surface area contributed by atoms with Crippen molar-refractivity contribution in [3.05, 3.63) is 29.8 Å². The molecule has 0 aliphatic heterocycles. The fourth-order valence-corrected chi connectivity index (χ4v) is 1.38. The van der Waals surface area contributed by atoms with Gasteiger partial charge in [0.2, 0.25) is 0 Å². The summed E-state index contributed by atoms with van der Waals surface area (Å²) in [4.78, 5) is 3.51. The van der Waals surface area contributed by atoms with Crippen LogP contribution in [0.3, 0.4) is 0 Å². The third-order valence-corrected chi connectivity index (χ3v) is 2.54. The summed E-state index contributed by atoms with van der Waals surface area (Å²) in [7, 11) is 0. The highest BCUT2D eigenvalue weighted by molar-refractivity contribution is 5.18. The lowest BCUT2D eigenvalue weighted by molar-refractivity contribution is -0.196. The van der Waals surface area contributed by atoms with Crippen LogP contribution in [0.4, 0.5) is 17.6 Å². The Bertz CT molecular complexity index is 361. The molecule has 1 aromatic heterocycles. The first-order valence-electron chi connectivity index (χ1n) is 5.25. The first kappa shape index (κ1) is 13.9. The van der Waals surface area contributed by atoms with Crippen LogP contribution < -0.4 is 5.32 Å². The van der Waals surface area contributed by atoms with E-state index in [0.29, 0.717) is 6.42 Å². The first-order valence-corrected chi connectivity index (χ1v) is 5.25. The molecule has 0 spiro atoms. The molecule has 1 unspecified atom stereocenters. The largest absolute Gasteiger partial charge is 0.412 e. The van der Waals surface area contributed by atoms with E-state index < -0.39 is 17.5 Å². The van der Waals surface area contributed by atoms with Crippen LogP contribution in [0.5, 0.6) is 0 Å². The second kappa shape index (κ2) is 5.00. The smallest absolute Gasteiger partial charge is 0.299 e. The molecule has 17 heavy (non-hydrogen) atoms. The molecule has 0 radical (unpaired) electrons. The Morgan fingerprint density at radius 2 is 1.94 bits per heavy atom. The van der Waals surface area contributed by atoms with Crippen LogP contribution in [-0.2, 0) is 5.54 Å². The van der Waals surface area contributed by atoms with E-state index in [1.807, 2.05) is 0 Å². The number of halogens is 4. The minimum Gasteiger partial charge on any atom is -0.299 e. The lowest BCUT2D eigenvalue weighted by atomic mass is 9.96. The summed E-state index contributed by atoms with van der Waals surface area (Å²) in [6.07, 6.45) is -3.15. The van der Waals surface area contributed by atoms with E-state index in [4.69, 9.17) is 0 Å². The maximum absolute atomic E-state index is 13.0. The van der Waals surface area contributed by atoms with Crippen LogP contribution in [0.2, 0.25) is 0 Å². The first-order chi connectivity index (χ1) is 7.81. The predicted octanol–water partition coefficient (Wildman–Crippen LogP) is 3.00. The predicted molar refractivity (Wildman–Crippen MR) is 55.9 cm³/mol. The van der Waals surface area contributed by atoms with Gasteiger partial charge >= 0.3 is 6.18 Å². The van der Waals surface area contributed by atoms with Gasteiger partial charge in [-0.15, -0.1) is 0 Å². The molecule has 0 saturated heterocycles. The zero-order valence-electron chi connectivity index (χ0n) is 9.61. The average Bonchev–Trinajstić information content (AvgIpc) is 2.25. The monoisotopic (exact) mass is 250 g/mol. The highest BCUT2D eigenvalue weighted by Gasteiger charge is 2.53. The molecular formula is C11H14F4N2. The van der Waals surface area contributed by atoms with Crippen molar-refractivity contribution >= 4 is 0 Å². The van der Waals surface area contributed by atoms with E-state index >= 15 is 0 Å². The van der Waals surface area contributed by atoms with Crippen LogP contribution in [0.15, 0.2) is 18.3 Å². The summed E-state index contributed by atoms with van der Waals surface area (Å²) in [5.74, 6) is -0.659. The fourth-order valence-electron chi connectivity index (χ4n) is 1.38. The zero-order valence-corrected chi connectivity index (χ0v) is 9.61. The van der Waals surface area contributed by atoms with Crippen molar-refractivity contribution in [3.63, 3.8) is 0 Å². The SMILES string of the molecule is CCCNC(C)(c1ccc(F)cn1)C(F)(F)F. The number of nitrogens with zero attached hydrogens (tertiary/aromatic N) is 1. The Hall–Kier alpha value is -1.17. The second-order valence-corrected chi connectivity index (χ2v) is 3.91. The molecule has 1 atom stereocenters. The van der Waals surface area contributed by atoms with Gasteiger partial charge in [-0.3, -0.25) is 10.3 Å². The van der Waals surface area contributed by atoms with Crippen LogP contribution in [0.1, 0.15) is 26.0 Å². The summed E-state index contributed by atoms with van der Waals surface area (Å²) in [6, 6.07) is 2.02. The molecular weight excluding hydrogens is 236 g/mol. The third kappa shape index (κ3) is 2.94. The Morgan fingerprint density at radius 1 is 1.29 bits per heavy atom. The van der Waals surface area contributed by atoms with Gasteiger partial charge in [-0.1, -0.05) is 6.92 Å². The maximum Gasteiger partial charge on any atom is 0.412 e. The van der Waals surface area contributed by atoms with Crippen LogP contribution in [0, 0.1) is 5.82 Å². The molecule has 0 amide bonds. The van der Waals surface area contributed by atoms with Crippen molar-refractivity contribution in [2.45, 2.75) is 32.0 Å². The topological polar surface area (TPSA) is 24.9 Å². The van der Waals surface area contributed by atoms with Gasteiger partial charge in [0.1, 0.15) is 5.82 Å². The lowest BCUT2D eigenvalue weighted by Crippen LogP contribution is -2.52. The minimum absolute atomic E-state index is 0.203. The van der Waals surface area contributed by atoms with E-state index in [2.05, 4.69) is 10.3 Å². The van der Waals surface area contributed by atoms with Crippen LogP contribution in [0.25, 0.3) is 0 Å². The van der Waals surface area contributed by atoms with Crippen LogP contribution in [-0.4, -0.2) is 17.7 Å². The van der Waals surface area contributed by atoms with Gasteiger partial charge in [0, 0.05) is 0 Å². The number of hydrogen-bond acceptors (Lipinski definition) is 2. The number of alkyl halides is 3. The molecule has 6 heteroatoms. The van der Waals surface area contributed by atoms with Crippen molar-refractivity contribution in [2.75, 3.05) is 6.54 Å². The third-order valence-electron chi connectivity index (χ3n) is 2.54. The van der Waals surface area contributed by atoms with E-state index in [1.54, 1.807) is 6.92 Å². The molecule has 0 aliphatic carbocycles. The van der Waals surface area contributed by atoms with E-state index in [9.17, 15) is 17.6 Å². The van der Waals surface area contributed by atoms with Crippen molar-refractivity contribution in [3.8, 4) is 0 Å². The molecule has 0 bridgehead atoms. The van der Waals surface area contributed by atoms with Crippen molar-refractivity contribution in [1.82, 2.24) is 10.3 Å². The summed E-state index contributed by atoms with van der Waals surface area (Å²) >= 11 is 0. The molecule has 0 fully saturated rings. The summed E-state index contributed by atoms with van der Waals surface area (Å²) in [5, 5.41) is 2.41. The van der Waals surface area contributed by atoms with Crippen molar-refractivity contribution < 1.29 is 17.6 Å². The lowest BCUT2D eigenvalue weighted by Gasteiger charge is -2.32. The minimum atomic E-state index is -4.49. The molecule has 0 saturated carbocycles. The quantitative estimate of drug-likeness (QED) is 0.831. The van der Waals surface area contributed by atoms with Gasteiger partial charge < -0.3 is 0 Å². The number of hydrogen-bond donors (Lipinski definition) is 1. The standard InChI is InChI=1S/C11H14F4N2/c1-3-6-17-10(2,11(13,14)15)9-5-4-8(12)7-16-9/h4-5,7,17H,3,6H2,1-2H3. The Labute approximate surface area is 97.1 Å². The summed E-state index contributed by atoms with van der Waals surface area (Å²) < 4.78 is 51.7. The maximum atomic E-state index is 13.0. The normalized spacial score (nSPS) is 15.6. The molecule has 1 N–H and O–H groups in total. The number of rotatable bonds is 4. The highest BCUT2D eigenvalue weighted by Crippen LogP contribution is 2.37. The molecule has 96 valence electrons. The van der Waals surface area contributed by atoms with E-state index in [1.165, 1.54) is 0 Å². The molecule has 0 aromatic carbocycles. The Kier molecular flexibility index (Phi) is 4.08. The van der Waals surface area contributed by atoms with E-state index in [-0.39, 0.29) is 12.2 Å². The molecule has 1 aromatic rings. The molecule has 2 nitrogen and oxygen atoms in total. The zero-order chi connectivity index (χ0) is 13.1. The number of nitrogens with one attached hydrogen (secondary N) is 1. The number of aromatic nitrogens is 1. The molecule has 1 rings (SSSR count). The van der Waals surface area contributed by atoms with Crippen LogP contribution >= 0.6 is 0 Å². The molecule has 0 aliphatic rings. The van der Waals surface area contributed by atoms with Crippen molar-refractivity contribution in [2.24, 2.45) is 0 Å². The van der Waals surface area contributed by atoms with Gasteiger partial charge in [0.25, 0.3) is 0 Å². The van der Waals surface area contributed by atoms with Gasteiger partial charge in [0.05, 0.1) is 11.9 Å². The van der Waals surface area contributed by atoms with Gasteiger partial charge in [-0.25, -0.2) is 4.39 Å². The highest BCUT2D eigenvalue weighted by atomic mass is 19.4. The fraction of sp³-hybridized carbons (Fsp3) is 0.545. The Morgan fingerprint density at radius 3 is 2.35 bits per heavy atom. The molecule has 1 heterocycles. The summed E-state index contributed by atoms with van der Waals surface area (Å²) in [6.45, 7) is 2.97. The second-order valence-electron chi connectivity index (χ2n) is 3.91. The van der Waals surface area contributed by atoms with Gasteiger partial charge in [-0.05, 0) is 32.0 Å². The average molecular weight is 250 g/mol. The number of pyridine rings is 1. The van der Waals surface area contributed by atoms with Gasteiger partial charge in [0.15, 0.2) is 5.54 Å². The van der Waals surface area contributed by atoms with E-state index in [0.717, 1.165) is 25.3 Å². The van der Waals surface area contributed by atoms with Crippen molar-refractivity contribution in [1.29, 1.82) is 0 Å². The Balaban J connectivity index is 3.10.